The lowest BCUT2D eigenvalue weighted by Gasteiger charge is -2.31. The Balaban J connectivity index is 1.98. The second-order valence-corrected chi connectivity index (χ2v) is 5.18. The number of hydrogen-bond donors (Lipinski definition) is 2. The van der Waals surface area contributed by atoms with Gasteiger partial charge in [-0.3, -0.25) is 4.79 Å². The third-order valence-electron chi connectivity index (χ3n) is 3.43. The van der Waals surface area contributed by atoms with Crippen LogP contribution in [-0.4, -0.2) is 25.6 Å². The zero-order chi connectivity index (χ0) is 13.8. The van der Waals surface area contributed by atoms with Crippen molar-refractivity contribution >= 4 is 23.2 Å². The van der Waals surface area contributed by atoms with Crippen molar-refractivity contribution in [2.75, 3.05) is 25.0 Å². The predicted octanol–water partition coefficient (Wildman–Crippen LogP) is 2.53. The van der Waals surface area contributed by atoms with Crippen LogP contribution in [0, 0.1) is 11.8 Å². The fourth-order valence-electron chi connectivity index (χ4n) is 1.99. The number of benzene rings is 1. The first-order chi connectivity index (χ1) is 9.11. The molecule has 1 heterocycles. The van der Waals surface area contributed by atoms with Gasteiger partial charge in [0, 0.05) is 11.6 Å². The molecule has 2 N–H and O–H groups in total. The number of carbonyl (C=O) groups is 1. The first-order valence-corrected chi connectivity index (χ1v) is 6.93. The Hall–Kier alpha value is -1.26. The van der Waals surface area contributed by atoms with Crippen molar-refractivity contribution in [2.24, 2.45) is 11.8 Å². The maximum absolute atomic E-state index is 12.1. The fraction of sp³-hybridized carbons (Fsp3) is 0.500. The van der Waals surface area contributed by atoms with Crippen LogP contribution in [0.3, 0.4) is 0 Å². The van der Waals surface area contributed by atoms with Gasteiger partial charge in [-0.05, 0) is 44.1 Å². The second-order valence-electron chi connectivity index (χ2n) is 4.77. The van der Waals surface area contributed by atoms with Crippen molar-refractivity contribution in [1.29, 1.82) is 0 Å². The summed E-state index contributed by atoms with van der Waals surface area (Å²) in [6, 6.07) is 5.30. The third-order valence-corrected chi connectivity index (χ3v) is 3.73. The normalized spacial score (nSPS) is 16.6. The van der Waals surface area contributed by atoms with Crippen LogP contribution in [0.4, 0.5) is 5.69 Å². The molecule has 1 fully saturated rings. The molecule has 2 rings (SSSR count). The van der Waals surface area contributed by atoms with Crippen LogP contribution in [0.2, 0.25) is 5.02 Å². The molecular formula is C14H19ClN2O2. The molecule has 0 aromatic heterocycles. The molecule has 1 aromatic carbocycles. The first-order valence-electron chi connectivity index (χ1n) is 6.55. The van der Waals surface area contributed by atoms with Gasteiger partial charge in [0.05, 0.1) is 11.6 Å². The quantitative estimate of drug-likeness (QED) is 0.873. The van der Waals surface area contributed by atoms with Gasteiger partial charge in [0.25, 0.3) is 0 Å². The largest absolute Gasteiger partial charge is 0.492 e. The molecule has 0 bridgehead atoms. The molecular weight excluding hydrogens is 264 g/mol. The Morgan fingerprint density at radius 1 is 1.58 bits per heavy atom. The molecule has 1 amide bonds. The van der Waals surface area contributed by atoms with Crippen molar-refractivity contribution in [3.63, 3.8) is 0 Å². The molecule has 1 aliphatic rings. The van der Waals surface area contributed by atoms with E-state index in [0.717, 1.165) is 13.1 Å². The summed E-state index contributed by atoms with van der Waals surface area (Å²) in [4.78, 5) is 12.1. The number of ether oxygens (including phenoxy) is 1. The number of carbonyl (C=O) groups excluding carboxylic acids is 1. The van der Waals surface area contributed by atoms with E-state index in [1.165, 1.54) is 0 Å². The van der Waals surface area contributed by atoms with Crippen LogP contribution in [0.1, 0.15) is 13.8 Å². The molecule has 1 aromatic rings. The number of anilines is 1. The molecule has 0 saturated carbocycles. The van der Waals surface area contributed by atoms with Gasteiger partial charge >= 0.3 is 0 Å². The molecule has 1 aliphatic heterocycles. The van der Waals surface area contributed by atoms with E-state index in [1.807, 2.05) is 13.8 Å². The minimum atomic E-state index is 0.00611. The highest BCUT2D eigenvalue weighted by Crippen LogP contribution is 2.28. The standard InChI is InChI=1S/C14H19ClN2O2/c1-3-19-13-5-4-11(6-12(13)15)17-14(18)9(2)10-7-16-8-10/h4-6,9-10,16H,3,7-8H2,1-2H3,(H,17,18). The summed E-state index contributed by atoms with van der Waals surface area (Å²) >= 11 is 6.09. The molecule has 104 valence electrons. The van der Waals surface area contributed by atoms with Gasteiger partial charge in [0.2, 0.25) is 5.91 Å². The van der Waals surface area contributed by atoms with Gasteiger partial charge < -0.3 is 15.4 Å². The maximum atomic E-state index is 12.1. The lowest BCUT2D eigenvalue weighted by atomic mass is 9.88. The first kappa shape index (κ1) is 14.2. The zero-order valence-electron chi connectivity index (χ0n) is 11.2. The lowest BCUT2D eigenvalue weighted by Crippen LogP contribution is -2.48. The van der Waals surface area contributed by atoms with E-state index < -0.39 is 0 Å². The fourth-order valence-corrected chi connectivity index (χ4v) is 2.22. The summed E-state index contributed by atoms with van der Waals surface area (Å²) in [6.45, 7) is 6.26. The summed E-state index contributed by atoms with van der Waals surface area (Å²) in [5.41, 5.74) is 0.706. The molecule has 0 spiro atoms. The van der Waals surface area contributed by atoms with Crippen LogP contribution >= 0.6 is 11.6 Å². The minimum Gasteiger partial charge on any atom is -0.492 e. The molecule has 19 heavy (non-hydrogen) atoms. The summed E-state index contributed by atoms with van der Waals surface area (Å²) in [5, 5.41) is 6.58. The number of rotatable bonds is 5. The summed E-state index contributed by atoms with van der Waals surface area (Å²) in [7, 11) is 0. The van der Waals surface area contributed by atoms with E-state index in [0.29, 0.717) is 29.0 Å². The Bertz CT molecular complexity index is 461. The van der Waals surface area contributed by atoms with E-state index >= 15 is 0 Å². The molecule has 1 unspecified atom stereocenters. The average Bonchev–Trinajstić information content (AvgIpc) is 2.30. The van der Waals surface area contributed by atoms with Gasteiger partial charge in [0.15, 0.2) is 0 Å². The van der Waals surface area contributed by atoms with E-state index in [4.69, 9.17) is 16.3 Å². The summed E-state index contributed by atoms with van der Waals surface area (Å²) < 4.78 is 5.36. The van der Waals surface area contributed by atoms with Crippen LogP contribution in [0.15, 0.2) is 18.2 Å². The van der Waals surface area contributed by atoms with Crippen molar-refractivity contribution < 1.29 is 9.53 Å². The Kier molecular flexibility index (Phi) is 4.66. The van der Waals surface area contributed by atoms with E-state index in [1.54, 1.807) is 18.2 Å². The summed E-state index contributed by atoms with van der Waals surface area (Å²) in [5.74, 6) is 1.11. The topological polar surface area (TPSA) is 50.4 Å². The van der Waals surface area contributed by atoms with Crippen molar-refractivity contribution in [3.05, 3.63) is 23.2 Å². The van der Waals surface area contributed by atoms with Crippen molar-refractivity contribution in [2.45, 2.75) is 13.8 Å². The van der Waals surface area contributed by atoms with Gasteiger partial charge in [-0.25, -0.2) is 0 Å². The van der Waals surface area contributed by atoms with Gasteiger partial charge in [0.1, 0.15) is 5.75 Å². The van der Waals surface area contributed by atoms with Gasteiger partial charge in [-0.15, -0.1) is 0 Å². The van der Waals surface area contributed by atoms with E-state index in [9.17, 15) is 4.79 Å². The molecule has 1 saturated heterocycles. The van der Waals surface area contributed by atoms with Crippen LogP contribution < -0.4 is 15.4 Å². The van der Waals surface area contributed by atoms with E-state index in [2.05, 4.69) is 10.6 Å². The van der Waals surface area contributed by atoms with Crippen molar-refractivity contribution in [3.8, 4) is 5.75 Å². The molecule has 1 atom stereocenters. The van der Waals surface area contributed by atoms with Crippen molar-refractivity contribution in [1.82, 2.24) is 5.32 Å². The highest BCUT2D eigenvalue weighted by atomic mass is 35.5. The number of hydrogen-bond acceptors (Lipinski definition) is 3. The number of halogens is 1. The van der Waals surface area contributed by atoms with Crippen LogP contribution in [-0.2, 0) is 4.79 Å². The monoisotopic (exact) mass is 282 g/mol. The summed E-state index contributed by atoms with van der Waals surface area (Å²) in [6.07, 6.45) is 0. The predicted molar refractivity (Wildman–Crippen MR) is 76.8 cm³/mol. The minimum absolute atomic E-state index is 0.00611. The molecule has 5 heteroatoms. The number of amides is 1. The Labute approximate surface area is 118 Å². The SMILES string of the molecule is CCOc1ccc(NC(=O)C(C)C2CNC2)cc1Cl. The van der Waals surface area contributed by atoms with Gasteiger partial charge in [-0.1, -0.05) is 18.5 Å². The third kappa shape index (κ3) is 3.39. The average molecular weight is 283 g/mol. The van der Waals surface area contributed by atoms with Crippen LogP contribution in [0.25, 0.3) is 0 Å². The molecule has 0 radical (unpaired) electrons. The lowest BCUT2D eigenvalue weighted by molar-refractivity contribution is -0.121. The molecule has 4 nitrogen and oxygen atoms in total. The highest BCUT2D eigenvalue weighted by molar-refractivity contribution is 6.32. The van der Waals surface area contributed by atoms with Crippen LogP contribution in [0.5, 0.6) is 5.75 Å². The Morgan fingerprint density at radius 2 is 2.32 bits per heavy atom. The molecule has 0 aliphatic carbocycles. The highest BCUT2D eigenvalue weighted by Gasteiger charge is 2.28. The zero-order valence-corrected chi connectivity index (χ0v) is 12.0. The Morgan fingerprint density at radius 3 is 2.84 bits per heavy atom. The second kappa shape index (κ2) is 6.26. The maximum Gasteiger partial charge on any atom is 0.227 e. The number of nitrogens with one attached hydrogen (secondary N) is 2. The smallest absolute Gasteiger partial charge is 0.227 e. The van der Waals surface area contributed by atoms with Gasteiger partial charge in [-0.2, -0.15) is 0 Å². The van der Waals surface area contributed by atoms with E-state index in [-0.39, 0.29) is 11.8 Å².